The first kappa shape index (κ1) is 19.2. The van der Waals surface area contributed by atoms with E-state index in [1.165, 1.54) is 18.3 Å². The predicted octanol–water partition coefficient (Wildman–Crippen LogP) is 5.94. The van der Waals surface area contributed by atoms with Gasteiger partial charge in [-0.2, -0.15) is 13.2 Å². The number of aromatic nitrogens is 2. The molecule has 1 aliphatic rings. The molecule has 2 N–H and O–H groups in total. The van der Waals surface area contributed by atoms with Crippen LogP contribution in [-0.2, 0) is 6.18 Å². The van der Waals surface area contributed by atoms with Crippen LogP contribution in [0, 0.1) is 5.82 Å². The topological polar surface area (TPSA) is 61.0 Å². The van der Waals surface area contributed by atoms with Crippen molar-refractivity contribution in [2.75, 3.05) is 5.73 Å². The van der Waals surface area contributed by atoms with Crippen molar-refractivity contribution in [2.45, 2.75) is 31.4 Å². The first-order valence-corrected chi connectivity index (χ1v) is 9.09. The van der Waals surface area contributed by atoms with Crippen LogP contribution in [0.2, 0.25) is 0 Å². The normalized spacial score (nSPS) is 14.5. The van der Waals surface area contributed by atoms with Gasteiger partial charge in [0.1, 0.15) is 11.5 Å². The van der Waals surface area contributed by atoms with Gasteiger partial charge in [-0.05, 0) is 37.0 Å². The van der Waals surface area contributed by atoms with Crippen molar-refractivity contribution in [3.8, 4) is 22.8 Å². The molecule has 4 rings (SSSR count). The van der Waals surface area contributed by atoms with Gasteiger partial charge in [-0.15, -0.1) is 0 Å². The number of ether oxygens (including phenoxy) is 1. The molecule has 0 atom stereocenters. The number of pyridine rings is 2. The lowest BCUT2D eigenvalue weighted by atomic mass is 9.79. The fourth-order valence-corrected chi connectivity index (χ4v) is 3.24. The summed E-state index contributed by atoms with van der Waals surface area (Å²) in [5.41, 5.74) is 5.82. The minimum atomic E-state index is -4.62. The number of hydrogen-bond acceptors (Lipinski definition) is 4. The zero-order valence-corrected chi connectivity index (χ0v) is 15.2. The summed E-state index contributed by atoms with van der Waals surface area (Å²) in [4.78, 5) is 7.46. The van der Waals surface area contributed by atoms with Gasteiger partial charge in [-0.3, -0.25) is 0 Å². The van der Waals surface area contributed by atoms with Crippen LogP contribution in [0.4, 0.5) is 23.4 Å². The summed E-state index contributed by atoms with van der Waals surface area (Å²) in [6, 6.07) is 9.84. The maximum absolute atomic E-state index is 15.4. The molecule has 2 heterocycles. The third-order valence-electron chi connectivity index (χ3n) is 4.99. The van der Waals surface area contributed by atoms with Gasteiger partial charge < -0.3 is 10.5 Å². The Bertz CT molecular complexity index is 1030. The first-order valence-electron chi connectivity index (χ1n) is 9.09. The van der Waals surface area contributed by atoms with Crippen molar-refractivity contribution in [2.24, 2.45) is 0 Å². The molecule has 8 heteroatoms. The number of alkyl halides is 3. The van der Waals surface area contributed by atoms with E-state index in [0.29, 0.717) is 16.9 Å². The predicted molar refractivity (Wildman–Crippen MR) is 99.9 cm³/mol. The highest BCUT2D eigenvalue weighted by molar-refractivity contribution is 5.68. The fraction of sp³-hybridized carbons (Fsp3) is 0.238. The molecule has 150 valence electrons. The lowest BCUT2D eigenvalue weighted by Crippen LogP contribution is -2.12. The molecule has 0 spiro atoms. The van der Waals surface area contributed by atoms with E-state index in [9.17, 15) is 13.2 Å². The minimum Gasteiger partial charge on any atom is -0.436 e. The Hall–Kier alpha value is -3.16. The Morgan fingerprint density at radius 1 is 1.03 bits per heavy atom. The number of rotatable bonds is 4. The number of anilines is 1. The molecule has 1 aromatic carbocycles. The van der Waals surface area contributed by atoms with Gasteiger partial charge >= 0.3 is 6.18 Å². The largest absolute Gasteiger partial charge is 0.436 e. The third kappa shape index (κ3) is 3.87. The molecule has 1 aliphatic carbocycles. The second-order valence-electron chi connectivity index (χ2n) is 6.91. The quantitative estimate of drug-likeness (QED) is 0.548. The molecule has 29 heavy (non-hydrogen) atoms. The van der Waals surface area contributed by atoms with Gasteiger partial charge in [-0.25, -0.2) is 14.4 Å². The van der Waals surface area contributed by atoms with Crippen LogP contribution >= 0.6 is 0 Å². The van der Waals surface area contributed by atoms with Gasteiger partial charge in [0.15, 0.2) is 11.6 Å². The summed E-state index contributed by atoms with van der Waals surface area (Å²) in [7, 11) is 0. The number of hydrogen-bond donors (Lipinski definition) is 1. The van der Waals surface area contributed by atoms with Crippen molar-refractivity contribution >= 4 is 5.82 Å². The van der Waals surface area contributed by atoms with Gasteiger partial charge in [0.2, 0.25) is 5.88 Å². The lowest BCUT2D eigenvalue weighted by Gasteiger charge is -2.28. The van der Waals surface area contributed by atoms with E-state index in [2.05, 4.69) is 9.97 Å². The highest BCUT2D eigenvalue weighted by atomic mass is 19.4. The van der Waals surface area contributed by atoms with E-state index in [1.54, 1.807) is 24.3 Å². The van der Waals surface area contributed by atoms with Gasteiger partial charge in [0, 0.05) is 29.0 Å². The van der Waals surface area contributed by atoms with Crippen LogP contribution in [0.3, 0.4) is 0 Å². The van der Waals surface area contributed by atoms with E-state index in [4.69, 9.17) is 10.5 Å². The second-order valence-corrected chi connectivity index (χ2v) is 6.91. The zero-order valence-electron chi connectivity index (χ0n) is 15.2. The third-order valence-corrected chi connectivity index (χ3v) is 4.99. The molecule has 1 saturated carbocycles. The molecule has 3 aromatic rings. The van der Waals surface area contributed by atoms with Crippen molar-refractivity contribution in [3.05, 3.63) is 65.7 Å². The fourth-order valence-electron chi connectivity index (χ4n) is 3.24. The molecular weight excluding hydrogens is 386 g/mol. The smallest absolute Gasteiger partial charge is 0.433 e. The van der Waals surface area contributed by atoms with Crippen molar-refractivity contribution < 1.29 is 22.3 Å². The number of halogens is 4. The summed E-state index contributed by atoms with van der Waals surface area (Å²) in [5, 5.41) is 0. The van der Waals surface area contributed by atoms with E-state index in [0.717, 1.165) is 25.3 Å². The average molecular weight is 403 g/mol. The number of nitrogens with two attached hydrogens (primary N) is 1. The van der Waals surface area contributed by atoms with Gasteiger partial charge in [0.05, 0.1) is 0 Å². The Morgan fingerprint density at radius 2 is 1.83 bits per heavy atom. The van der Waals surface area contributed by atoms with Crippen molar-refractivity contribution in [3.63, 3.8) is 0 Å². The molecule has 0 saturated heterocycles. The standard InChI is InChI=1S/C21H17F4N3O/c22-19-14(13-7-10-17(26)27-11-13)8-9-15(12-3-1-4-12)20(19)29-18-6-2-5-16(28-18)21(23,24)25/h2,5-12H,1,3-4H2,(H2,26,27). The van der Waals surface area contributed by atoms with Crippen LogP contribution in [0.1, 0.15) is 36.4 Å². The monoisotopic (exact) mass is 403 g/mol. The van der Waals surface area contributed by atoms with Crippen LogP contribution in [0.15, 0.2) is 48.7 Å². The van der Waals surface area contributed by atoms with Crippen LogP contribution in [0.25, 0.3) is 11.1 Å². The van der Waals surface area contributed by atoms with Crippen LogP contribution in [-0.4, -0.2) is 9.97 Å². The van der Waals surface area contributed by atoms with Gasteiger partial charge in [0.25, 0.3) is 0 Å². The van der Waals surface area contributed by atoms with Crippen LogP contribution < -0.4 is 10.5 Å². The number of nitrogens with zero attached hydrogens (tertiary/aromatic N) is 2. The SMILES string of the molecule is Nc1ccc(-c2ccc(C3CCC3)c(Oc3cccc(C(F)(F)F)n3)c2F)cn1. The van der Waals surface area contributed by atoms with Gasteiger partial charge in [-0.1, -0.05) is 24.6 Å². The Kier molecular flexibility index (Phi) is 4.86. The molecule has 4 nitrogen and oxygen atoms in total. The Morgan fingerprint density at radius 3 is 2.45 bits per heavy atom. The van der Waals surface area contributed by atoms with Crippen molar-refractivity contribution in [1.29, 1.82) is 0 Å². The van der Waals surface area contributed by atoms with E-state index in [1.807, 2.05) is 0 Å². The number of nitrogen functional groups attached to an aromatic ring is 1. The minimum absolute atomic E-state index is 0.101. The maximum Gasteiger partial charge on any atom is 0.433 e. The highest BCUT2D eigenvalue weighted by Crippen LogP contribution is 2.45. The average Bonchev–Trinajstić information content (AvgIpc) is 2.64. The molecule has 0 amide bonds. The van der Waals surface area contributed by atoms with E-state index in [-0.39, 0.29) is 23.1 Å². The Labute approximate surface area is 164 Å². The maximum atomic E-state index is 15.4. The zero-order chi connectivity index (χ0) is 20.6. The second kappa shape index (κ2) is 7.35. The molecule has 0 aliphatic heterocycles. The van der Waals surface area contributed by atoms with Crippen molar-refractivity contribution in [1.82, 2.24) is 9.97 Å². The first-order chi connectivity index (χ1) is 13.8. The summed E-state index contributed by atoms with van der Waals surface area (Å²) >= 11 is 0. The summed E-state index contributed by atoms with van der Waals surface area (Å²) in [6.07, 6.45) is -0.435. The lowest BCUT2D eigenvalue weighted by molar-refractivity contribution is -0.141. The highest BCUT2D eigenvalue weighted by Gasteiger charge is 2.33. The molecule has 0 unspecified atom stereocenters. The Balaban J connectivity index is 1.78. The summed E-state index contributed by atoms with van der Waals surface area (Å²) < 4.78 is 59.9. The van der Waals surface area contributed by atoms with Crippen LogP contribution in [0.5, 0.6) is 11.6 Å². The molecule has 2 aromatic heterocycles. The molecular formula is C21H17F4N3O. The summed E-state index contributed by atoms with van der Waals surface area (Å²) in [5.74, 6) is -0.684. The van der Waals surface area contributed by atoms with E-state index < -0.39 is 17.7 Å². The summed E-state index contributed by atoms with van der Waals surface area (Å²) in [6.45, 7) is 0. The number of benzene rings is 1. The van der Waals surface area contributed by atoms with E-state index >= 15 is 4.39 Å². The molecule has 1 fully saturated rings. The molecule has 0 radical (unpaired) electrons. The molecule has 0 bridgehead atoms.